The molecule has 3 heteroatoms. The number of hydrogen-bond acceptors (Lipinski definition) is 3. The van der Waals surface area contributed by atoms with Gasteiger partial charge in [-0.25, -0.2) is 0 Å². The van der Waals surface area contributed by atoms with E-state index >= 15 is 0 Å². The van der Waals surface area contributed by atoms with Gasteiger partial charge in [-0.2, -0.15) is 0 Å². The van der Waals surface area contributed by atoms with Gasteiger partial charge in [0.25, 0.3) is 0 Å². The number of rotatable bonds is 5. The van der Waals surface area contributed by atoms with Crippen LogP contribution in [0.3, 0.4) is 0 Å². The molecule has 2 aromatic rings. The molecule has 0 saturated heterocycles. The topological polar surface area (TPSA) is 46.5 Å². The predicted octanol–water partition coefficient (Wildman–Crippen LogP) is 3.55. The average Bonchev–Trinajstić information content (AvgIpc) is 2.46. The fraction of sp³-hybridized carbons (Fsp3) is 0.235. The number of esters is 1. The molecule has 0 unspecified atom stereocenters. The number of ether oxygens (including phenoxy) is 1. The molecule has 0 bridgehead atoms. The summed E-state index contributed by atoms with van der Waals surface area (Å²) in [4.78, 5) is 10.7. The molecule has 0 saturated carbocycles. The summed E-state index contributed by atoms with van der Waals surface area (Å²) in [5.74, 6) is 0.0359. The van der Waals surface area contributed by atoms with E-state index in [2.05, 4.69) is 0 Å². The van der Waals surface area contributed by atoms with E-state index in [1.807, 2.05) is 48.5 Å². The average molecular weight is 270 g/mol. The van der Waals surface area contributed by atoms with Gasteiger partial charge < -0.3 is 9.84 Å². The summed E-state index contributed by atoms with van der Waals surface area (Å²) < 4.78 is 4.90. The lowest BCUT2D eigenvalue weighted by molar-refractivity contribution is -0.141. The Labute approximate surface area is 118 Å². The van der Waals surface area contributed by atoms with Gasteiger partial charge in [0, 0.05) is 12.5 Å². The van der Waals surface area contributed by atoms with E-state index in [0.717, 1.165) is 16.7 Å². The van der Waals surface area contributed by atoms with Gasteiger partial charge in [0.15, 0.2) is 0 Å². The molecule has 2 aromatic carbocycles. The molecule has 1 N–H and O–H groups in total. The van der Waals surface area contributed by atoms with Crippen LogP contribution in [-0.4, -0.2) is 17.7 Å². The summed E-state index contributed by atoms with van der Waals surface area (Å²) in [6, 6.07) is 15.5. The maximum atomic E-state index is 10.7. The Morgan fingerprint density at radius 3 is 2.55 bits per heavy atom. The van der Waals surface area contributed by atoms with E-state index in [1.165, 1.54) is 6.92 Å². The molecular formula is C17H18O3. The van der Waals surface area contributed by atoms with Crippen molar-refractivity contribution in [1.82, 2.24) is 0 Å². The number of carbonyl (C=O) groups excluding carboxylic acids is 1. The lowest BCUT2D eigenvalue weighted by Crippen LogP contribution is -2.01. The number of phenols is 1. The van der Waals surface area contributed by atoms with Crippen LogP contribution in [0.1, 0.15) is 18.9 Å². The van der Waals surface area contributed by atoms with E-state index in [-0.39, 0.29) is 5.97 Å². The molecule has 0 aliphatic heterocycles. The smallest absolute Gasteiger partial charge is 0.302 e. The SMILES string of the molecule is CC(=O)OCCCc1cccc(-c2ccccc2)c1O. The zero-order valence-electron chi connectivity index (χ0n) is 11.5. The van der Waals surface area contributed by atoms with Gasteiger partial charge in [0.2, 0.25) is 0 Å². The van der Waals surface area contributed by atoms with E-state index in [9.17, 15) is 9.90 Å². The van der Waals surface area contributed by atoms with Crippen molar-refractivity contribution < 1.29 is 14.6 Å². The Kier molecular flexibility index (Phi) is 4.77. The van der Waals surface area contributed by atoms with Crippen molar-refractivity contribution in [2.75, 3.05) is 6.61 Å². The molecule has 3 nitrogen and oxygen atoms in total. The minimum absolute atomic E-state index is 0.271. The van der Waals surface area contributed by atoms with Crippen LogP contribution in [0, 0.1) is 0 Å². The Morgan fingerprint density at radius 2 is 1.85 bits per heavy atom. The van der Waals surface area contributed by atoms with Gasteiger partial charge in [-0.1, -0.05) is 48.5 Å². The second-order valence-electron chi connectivity index (χ2n) is 4.62. The summed E-state index contributed by atoms with van der Waals surface area (Å²) in [6.07, 6.45) is 1.38. The van der Waals surface area contributed by atoms with Crippen molar-refractivity contribution in [3.8, 4) is 16.9 Å². The second kappa shape index (κ2) is 6.75. The van der Waals surface area contributed by atoms with Crippen molar-refractivity contribution in [1.29, 1.82) is 0 Å². The van der Waals surface area contributed by atoms with Crippen LogP contribution in [-0.2, 0) is 16.0 Å². The Bertz CT molecular complexity index is 576. The maximum Gasteiger partial charge on any atom is 0.302 e. The summed E-state index contributed by atoms with van der Waals surface area (Å²) in [6.45, 7) is 1.78. The summed E-state index contributed by atoms with van der Waals surface area (Å²) >= 11 is 0. The number of aryl methyl sites for hydroxylation is 1. The highest BCUT2D eigenvalue weighted by atomic mass is 16.5. The molecule has 0 radical (unpaired) electrons. The van der Waals surface area contributed by atoms with Gasteiger partial charge in [-0.05, 0) is 24.0 Å². The molecule has 0 heterocycles. The van der Waals surface area contributed by atoms with Crippen molar-refractivity contribution in [2.45, 2.75) is 19.8 Å². The Hall–Kier alpha value is -2.29. The van der Waals surface area contributed by atoms with Gasteiger partial charge in [-0.3, -0.25) is 4.79 Å². The van der Waals surface area contributed by atoms with Crippen LogP contribution in [0.2, 0.25) is 0 Å². The van der Waals surface area contributed by atoms with E-state index in [1.54, 1.807) is 0 Å². The zero-order chi connectivity index (χ0) is 14.4. The highest BCUT2D eigenvalue weighted by molar-refractivity contribution is 5.71. The summed E-state index contributed by atoms with van der Waals surface area (Å²) in [7, 11) is 0. The highest BCUT2D eigenvalue weighted by Crippen LogP contribution is 2.32. The normalized spacial score (nSPS) is 10.2. The second-order valence-corrected chi connectivity index (χ2v) is 4.62. The molecule has 0 fully saturated rings. The monoisotopic (exact) mass is 270 g/mol. The molecule has 0 aliphatic rings. The first-order chi connectivity index (χ1) is 9.68. The van der Waals surface area contributed by atoms with Gasteiger partial charge >= 0.3 is 5.97 Å². The van der Waals surface area contributed by atoms with Crippen LogP contribution in [0.5, 0.6) is 5.75 Å². The first kappa shape index (κ1) is 14.1. The van der Waals surface area contributed by atoms with Crippen LogP contribution in [0.25, 0.3) is 11.1 Å². The van der Waals surface area contributed by atoms with Gasteiger partial charge in [0.1, 0.15) is 5.75 Å². The Balaban J connectivity index is 2.10. The van der Waals surface area contributed by atoms with Crippen LogP contribution < -0.4 is 0 Å². The first-order valence-corrected chi connectivity index (χ1v) is 6.68. The molecular weight excluding hydrogens is 252 g/mol. The van der Waals surface area contributed by atoms with Crippen LogP contribution >= 0.6 is 0 Å². The number of para-hydroxylation sites is 1. The number of aromatic hydroxyl groups is 1. The van der Waals surface area contributed by atoms with Crippen molar-refractivity contribution >= 4 is 5.97 Å². The van der Waals surface area contributed by atoms with E-state index < -0.39 is 0 Å². The number of carbonyl (C=O) groups is 1. The molecule has 2 rings (SSSR count). The fourth-order valence-corrected chi connectivity index (χ4v) is 2.12. The molecule has 0 aromatic heterocycles. The number of benzene rings is 2. The highest BCUT2D eigenvalue weighted by Gasteiger charge is 2.08. The molecule has 0 spiro atoms. The van der Waals surface area contributed by atoms with Crippen LogP contribution in [0.4, 0.5) is 0 Å². The zero-order valence-corrected chi connectivity index (χ0v) is 11.5. The van der Waals surface area contributed by atoms with Crippen molar-refractivity contribution in [3.05, 3.63) is 54.1 Å². The third-order valence-corrected chi connectivity index (χ3v) is 3.10. The summed E-state index contributed by atoms with van der Waals surface area (Å²) in [5, 5.41) is 10.3. The third-order valence-electron chi connectivity index (χ3n) is 3.10. The van der Waals surface area contributed by atoms with Crippen molar-refractivity contribution in [2.24, 2.45) is 0 Å². The minimum Gasteiger partial charge on any atom is -0.507 e. The molecule has 0 aliphatic carbocycles. The third kappa shape index (κ3) is 3.60. The fourth-order valence-electron chi connectivity index (χ4n) is 2.12. The quantitative estimate of drug-likeness (QED) is 0.667. The van der Waals surface area contributed by atoms with Crippen LogP contribution in [0.15, 0.2) is 48.5 Å². The summed E-state index contributed by atoms with van der Waals surface area (Å²) in [5.41, 5.74) is 2.70. The lowest BCUT2D eigenvalue weighted by atomic mass is 9.99. The molecule has 0 amide bonds. The van der Waals surface area contributed by atoms with Gasteiger partial charge in [-0.15, -0.1) is 0 Å². The van der Waals surface area contributed by atoms with Crippen molar-refractivity contribution in [3.63, 3.8) is 0 Å². The van der Waals surface area contributed by atoms with Gasteiger partial charge in [0.05, 0.1) is 6.61 Å². The standard InChI is InChI=1S/C17H18O3/c1-13(18)20-12-6-10-15-9-5-11-16(17(15)19)14-7-3-2-4-8-14/h2-5,7-9,11,19H,6,10,12H2,1H3. The Morgan fingerprint density at radius 1 is 1.10 bits per heavy atom. The lowest BCUT2D eigenvalue weighted by Gasteiger charge is -2.10. The number of phenolic OH excluding ortho intramolecular Hbond substituents is 1. The predicted molar refractivity (Wildman–Crippen MR) is 78.5 cm³/mol. The first-order valence-electron chi connectivity index (χ1n) is 6.68. The molecule has 0 atom stereocenters. The van der Waals surface area contributed by atoms with E-state index in [0.29, 0.717) is 25.2 Å². The minimum atomic E-state index is -0.271. The number of hydrogen-bond donors (Lipinski definition) is 1. The maximum absolute atomic E-state index is 10.7. The molecule has 104 valence electrons. The van der Waals surface area contributed by atoms with E-state index in [4.69, 9.17) is 4.74 Å². The molecule has 20 heavy (non-hydrogen) atoms. The largest absolute Gasteiger partial charge is 0.507 e.